The van der Waals surface area contributed by atoms with E-state index in [4.69, 9.17) is 9.84 Å². The van der Waals surface area contributed by atoms with Crippen LogP contribution in [0.1, 0.15) is 21.5 Å². The van der Waals surface area contributed by atoms with Gasteiger partial charge in [0.15, 0.2) is 0 Å². The normalized spacial score (nSPS) is 10.7. The number of para-hydroxylation sites is 1. The van der Waals surface area contributed by atoms with Crippen molar-refractivity contribution in [1.29, 1.82) is 0 Å². The lowest BCUT2D eigenvalue weighted by Gasteiger charge is -2.08. The number of nitrogens with one attached hydrogen (secondary N) is 1. The molecule has 2 N–H and O–H groups in total. The first-order valence-electron chi connectivity index (χ1n) is 8.08. The van der Waals surface area contributed by atoms with Gasteiger partial charge in [-0.3, -0.25) is 5.43 Å². The van der Waals surface area contributed by atoms with Gasteiger partial charge in [0, 0.05) is 0 Å². The number of ether oxygens (including phenoxy) is 1. The van der Waals surface area contributed by atoms with E-state index in [0.717, 1.165) is 22.6 Å². The summed E-state index contributed by atoms with van der Waals surface area (Å²) in [7, 11) is 0. The van der Waals surface area contributed by atoms with Gasteiger partial charge in [-0.05, 0) is 72.6 Å². The highest BCUT2D eigenvalue weighted by molar-refractivity contribution is 5.88. The molecule has 0 atom stereocenters. The number of rotatable bonds is 6. The molecule has 0 heterocycles. The van der Waals surface area contributed by atoms with Crippen molar-refractivity contribution in [2.24, 2.45) is 5.10 Å². The van der Waals surface area contributed by atoms with Crippen LogP contribution in [0, 0.1) is 6.92 Å². The van der Waals surface area contributed by atoms with E-state index in [1.807, 2.05) is 55.5 Å². The molecule has 26 heavy (non-hydrogen) atoms. The molecular weight excluding hydrogens is 328 g/mol. The Kier molecular flexibility index (Phi) is 5.29. The Labute approximate surface area is 151 Å². The third-order valence-corrected chi connectivity index (χ3v) is 3.74. The highest BCUT2D eigenvalue weighted by atomic mass is 16.5. The van der Waals surface area contributed by atoms with Gasteiger partial charge in [-0.2, -0.15) is 5.10 Å². The van der Waals surface area contributed by atoms with Gasteiger partial charge >= 0.3 is 5.97 Å². The summed E-state index contributed by atoms with van der Waals surface area (Å²) >= 11 is 0. The van der Waals surface area contributed by atoms with E-state index in [-0.39, 0.29) is 5.56 Å². The average Bonchev–Trinajstić information content (AvgIpc) is 2.65. The molecular formula is C21H18N2O3. The maximum atomic E-state index is 10.8. The zero-order valence-electron chi connectivity index (χ0n) is 14.2. The number of nitrogens with zero attached hydrogens (tertiary/aromatic N) is 1. The van der Waals surface area contributed by atoms with E-state index in [2.05, 4.69) is 10.5 Å². The molecule has 3 aromatic carbocycles. The maximum absolute atomic E-state index is 10.8. The quantitative estimate of drug-likeness (QED) is 0.490. The fourth-order valence-corrected chi connectivity index (χ4v) is 2.29. The van der Waals surface area contributed by atoms with E-state index >= 15 is 0 Å². The Morgan fingerprint density at radius 2 is 1.69 bits per heavy atom. The molecule has 0 fully saturated rings. The number of aryl methyl sites for hydroxylation is 1. The Hall–Kier alpha value is -3.60. The van der Waals surface area contributed by atoms with Crippen molar-refractivity contribution in [3.63, 3.8) is 0 Å². The first kappa shape index (κ1) is 17.2. The molecule has 0 bridgehead atoms. The molecule has 5 nitrogen and oxygen atoms in total. The number of benzene rings is 3. The fraction of sp³-hybridized carbons (Fsp3) is 0.0476. The zero-order valence-corrected chi connectivity index (χ0v) is 14.2. The van der Waals surface area contributed by atoms with Gasteiger partial charge in [0.25, 0.3) is 0 Å². The Morgan fingerprint density at radius 1 is 1.00 bits per heavy atom. The summed E-state index contributed by atoms with van der Waals surface area (Å²) in [6, 6.07) is 21.8. The third kappa shape index (κ3) is 4.48. The summed E-state index contributed by atoms with van der Waals surface area (Å²) in [6.45, 7) is 2.00. The highest BCUT2D eigenvalue weighted by Gasteiger charge is 2.01. The van der Waals surface area contributed by atoms with Crippen LogP contribution in [0.15, 0.2) is 77.9 Å². The summed E-state index contributed by atoms with van der Waals surface area (Å²) in [5, 5.41) is 13.0. The van der Waals surface area contributed by atoms with Crippen molar-refractivity contribution in [3.8, 4) is 11.5 Å². The molecule has 0 amide bonds. The summed E-state index contributed by atoms with van der Waals surface area (Å²) in [5.41, 5.74) is 5.81. The molecule has 0 aliphatic rings. The van der Waals surface area contributed by atoms with Crippen LogP contribution in [0.4, 0.5) is 5.69 Å². The van der Waals surface area contributed by atoms with Crippen molar-refractivity contribution in [1.82, 2.24) is 0 Å². The standard InChI is InChI=1S/C21H18N2O3/c1-15-4-2-3-5-20(15)26-19-12-6-16(7-13-19)14-22-23-18-10-8-17(9-11-18)21(24)25/h2-14,23H,1H3,(H,24,25). The van der Waals surface area contributed by atoms with Crippen LogP contribution in [0.3, 0.4) is 0 Å². The average molecular weight is 346 g/mol. The SMILES string of the molecule is Cc1ccccc1Oc1ccc(C=NNc2ccc(C(=O)O)cc2)cc1. The molecule has 0 aromatic heterocycles. The second-order valence-electron chi connectivity index (χ2n) is 5.69. The molecule has 130 valence electrons. The fourth-order valence-electron chi connectivity index (χ4n) is 2.29. The lowest BCUT2D eigenvalue weighted by atomic mass is 10.2. The number of hydrogen-bond acceptors (Lipinski definition) is 4. The van der Waals surface area contributed by atoms with Crippen LogP contribution in [-0.2, 0) is 0 Å². The van der Waals surface area contributed by atoms with Crippen LogP contribution >= 0.6 is 0 Å². The van der Waals surface area contributed by atoms with E-state index in [9.17, 15) is 4.79 Å². The minimum Gasteiger partial charge on any atom is -0.478 e. The topological polar surface area (TPSA) is 70.9 Å². The van der Waals surface area contributed by atoms with Crippen molar-refractivity contribution in [3.05, 3.63) is 89.5 Å². The third-order valence-electron chi connectivity index (χ3n) is 3.74. The summed E-state index contributed by atoms with van der Waals surface area (Å²) < 4.78 is 5.86. The molecule has 3 aromatic rings. The van der Waals surface area contributed by atoms with E-state index < -0.39 is 5.97 Å². The van der Waals surface area contributed by atoms with Crippen molar-refractivity contribution >= 4 is 17.9 Å². The van der Waals surface area contributed by atoms with E-state index in [0.29, 0.717) is 5.69 Å². The molecule has 5 heteroatoms. The molecule has 0 unspecified atom stereocenters. The summed E-state index contributed by atoms with van der Waals surface area (Å²) in [4.78, 5) is 10.8. The van der Waals surface area contributed by atoms with Crippen LogP contribution in [0.2, 0.25) is 0 Å². The molecule has 0 saturated carbocycles. The minimum atomic E-state index is -0.951. The van der Waals surface area contributed by atoms with Gasteiger partial charge in [0.1, 0.15) is 11.5 Å². The zero-order chi connectivity index (χ0) is 18.4. The van der Waals surface area contributed by atoms with Crippen molar-refractivity contribution in [2.45, 2.75) is 6.92 Å². The molecule has 0 aliphatic carbocycles. The van der Waals surface area contributed by atoms with Gasteiger partial charge in [-0.1, -0.05) is 18.2 Å². The summed E-state index contributed by atoms with van der Waals surface area (Å²) in [5.74, 6) is 0.641. The first-order chi connectivity index (χ1) is 12.6. The number of carboxylic acids is 1. The minimum absolute atomic E-state index is 0.240. The Balaban J connectivity index is 1.59. The van der Waals surface area contributed by atoms with Gasteiger partial charge in [-0.15, -0.1) is 0 Å². The van der Waals surface area contributed by atoms with E-state index in [1.165, 1.54) is 12.1 Å². The molecule has 0 radical (unpaired) electrons. The monoisotopic (exact) mass is 346 g/mol. The predicted molar refractivity (Wildman–Crippen MR) is 102 cm³/mol. The number of carbonyl (C=O) groups is 1. The van der Waals surface area contributed by atoms with Crippen LogP contribution < -0.4 is 10.2 Å². The number of hydrogen-bond donors (Lipinski definition) is 2. The lowest BCUT2D eigenvalue weighted by molar-refractivity contribution is 0.0697. The lowest BCUT2D eigenvalue weighted by Crippen LogP contribution is -1.96. The Bertz CT molecular complexity index is 917. The van der Waals surface area contributed by atoms with Crippen molar-refractivity contribution < 1.29 is 14.6 Å². The second kappa shape index (κ2) is 7.98. The number of anilines is 1. The van der Waals surface area contributed by atoms with Gasteiger partial charge in [0.05, 0.1) is 17.5 Å². The van der Waals surface area contributed by atoms with Crippen LogP contribution in [0.25, 0.3) is 0 Å². The summed E-state index contributed by atoms with van der Waals surface area (Å²) in [6.07, 6.45) is 1.68. The maximum Gasteiger partial charge on any atom is 0.335 e. The Morgan fingerprint density at radius 3 is 2.35 bits per heavy atom. The number of aromatic carboxylic acids is 1. The molecule has 3 rings (SSSR count). The van der Waals surface area contributed by atoms with Gasteiger partial charge in [0.2, 0.25) is 0 Å². The molecule has 0 spiro atoms. The van der Waals surface area contributed by atoms with Crippen LogP contribution in [-0.4, -0.2) is 17.3 Å². The molecule has 0 aliphatic heterocycles. The second-order valence-corrected chi connectivity index (χ2v) is 5.69. The largest absolute Gasteiger partial charge is 0.478 e. The van der Waals surface area contributed by atoms with Crippen molar-refractivity contribution in [2.75, 3.05) is 5.43 Å². The van der Waals surface area contributed by atoms with Gasteiger partial charge < -0.3 is 9.84 Å². The predicted octanol–water partition coefficient (Wildman–Crippen LogP) is 4.93. The molecule has 0 saturated heterocycles. The first-order valence-corrected chi connectivity index (χ1v) is 8.08. The van der Waals surface area contributed by atoms with E-state index in [1.54, 1.807) is 18.3 Å². The van der Waals surface area contributed by atoms with Crippen LogP contribution in [0.5, 0.6) is 11.5 Å². The van der Waals surface area contributed by atoms with Gasteiger partial charge in [-0.25, -0.2) is 4.79 Å². The number of hydrazone groups is 1. The highest BCUT2D eigenvalue weighted by Crippen LogP contribution is 2.24. The smallest absolute Gasteiger partial charge is 0.335 e. The number of carboxylic acid groups (broad SMARTS) is 1.